The van der Waals surface area contributed by atoms with Crippen LogP contribution < -0.4 is 5.69 Å². The van der Waals surface area contributed by atoms with Crippen LogP contribution in [-0.2, 0) is 6.54 Å². The molecule has 1 aromatic carbocycles. The molecule has 2 rings (SSSR count). The molecule has 0 fully saturated rings. The lowest BCUT2D eigenvalue weighted by Gasteiger charge is -1.97. The van der Waals surface area contributed by atoms with Gasteiger partial charge in [0.05, 0.1) is 6.54 Å². The third-order valence-electron chi connectivity index (χ3n) is 2.13. The lowest BCUT2D eigenvalue weighted by atomic mass is 10.2. The Bertz CT molecular complexity index is 539. The number of hydrogen-bond acceptors (Lipinski definition) is 3. The Morgan fingerprint density at radius 3 is 2.69 bits per heavy atom. The third kappa shape index (κ3) is 2.08. The molecule has 0 atom stereocenters. The Balaban J connectivity index is 2.26. The fraction of sp³-hybridized carbons (Fsp3) is 0.182. The average molecular weight is 216 g/mol. The maximum absolute atomic E-state index is 11.7. The second-order valence-electron chi connectivity index (χ2n) is 3.33. The van der Waals surface area contributed by atoms with Crippen molar-refractivity contribution in [3.63, 3.8) is 0 Å². The van der Waals surface area contributed by atoms with Gasteiger partial charge < -0.3 is 0 Å². The van der Waals surface area contributed by atoms with Gasteiger partial charge in [-0.2, -0.15) is 9.36 Å². The minimum Gasteiger partial charge on any atom is -0.244 e. The molecule has 0 N–H and O–H groups in total. The first-order valence-electron chi connectivity index (χ1n) is 5.00. The zero-order chi connectivity index (χ0) is 11.4. The molecule has 0 bridgehead atoms. The molecular weight excluding hydrogens is 204 g/mol. The molecule has 0 radical (unpaired) electrons. The molecule has 5 nitrogen and oxygen atoms in total. The molecule has 0 aliphatic carbocycles. The normalized spacial score (nSPS) is 11.1. The van der Waals surface area contributed by atoms with Gasteiger partial charge in [-0.3, -0.25) is 0 Å². The lowest BCUT2D eigenvalue weighted by Crippen LogP contribution is -2.23. The molecule has 0 saturated heterocycles. The fourth-order valence-electron chi connectivity index (χ4n) is 1.38. The number of hydrogen-bond donors (Lipinski definition) is 0. The first-order valence-corrected chi connectivity index (χ1v) is 5.00. The Labute approximate surface area is 92.6 Å². The maximum Gasteiger partial charge on any atom is 0.368 e. The zero-order valence-electron chi connectivity index (χ0n) is 8.95. The summed E-state index contributed by atoms with van der Waals surface area (Å²) in [6.45, 7) is 2.26. The highest BCUT2D eigenvalue weighted by molar-refractivity contribution is 5.17. The van der Waals surface area contributed by atoms with E-state index in [2.05, 4.69) is 10.4 Å². The van der Waals surface area contributed by atoms with E-state index in [0.717, 1.165) is 5.56 Å². The van der Waals surface area contributed by atoms with Crippen LogP contribution in [0.3, 0.4) is 0 Å². The lowest BCUT2D eigenvalue weighted by molar-refractivity contribution is 0.632. The molecule has 0 aliphatic rings. The van der Waals surface area contributed by atoms with E-state index in [-0.39, 0.29) is 5.69 Å². The summed E-state index contributed by atoms with van der Waals surface area (Å²) in [6.07, 6.45) is 3.32. The predicted molar refractivity (Wildman–Crippen MR) is 60.8 cm³/mol. The maximum atomic E-state index is 11.7. The monoisotopic (exact) mass is 216 g/mol. The minimum atomic E-state index is -0.234. The highest BCUT2D eigenvalue weighted by Crippen LogP contribution is 1.98. The summed E-state index contributed by atoms with van der Waals surface area (Å²) >= 11 is 0. The van der Waals surface area contributed by atoms with Crippen LogP contribution >= 0.6 is 0 Å². The van der Waals surface area contributed by atoms with Crippen molar-refractivity contribution in [2.45, 2.75) is 13.5 Å². The van der Waals surface area contributed by atoms with Gasteiger partial charge in [0.15, 0.2) is 0 Å². The van der Waals surface area contributed by atoms with E-state index in [1.807, 2.05) is 37.3 Å². The van der Waals surface area contributed by atoms with Crippen LogP contribution in [0, 0.1) is 0 Å². The summed E-state index contributed by atoms with van der Waals surface area (Å²) < 4.78 is 2.54. The van der Waals surface area contributed by atoms with Crippen molar-refractivity contribution in [1.29, 1.82) is 0 Å². The number of allylic oxidation sites excluding steroid dienone is 1. The Morgan fingerprint density at radius 2 is 2.00 bits per heavy atom. The van der Waals surface area contributed by atoms with Crippen molar-refractivity contribution >= 4 is 6.20 Å². The smallest absolute Gasteiger partial charge is 0.244 e. The first kappa shape index (κ1) is 10.4. The molecule has 0 amide bonds. The van der Waals surface area contributed by atoms with Crippen LogP contribution in [0.2, 0.25) is 0 Å². The van der Waals surface area contributed by atoms with Crippen molar-refractivity contribution in [1.82, 2.24) is 19.8 Å². The van der Waals surface area contributed by atoms with Gasteiger partial charge in [-0.15, -0.1) is 0 Å². The SMILES string of the molecule is C/C=C/n1nnn(Cc2ccccc2)c1=O. The topological polar surface area (TPSA) is 52.7 Å². The fourth-order valence-corrected chi connectivity index (χ4v) is 1.38. The van der Waals surface area contributed by atoms with E-state index < -0.39 is 0 Å². The van der Waals surface area contributed by atoms with Gasteiger partial charge in [-0.05, 0) is 22.9 Å². The average Bonchev–Trinajstić information content (AvgIpc) is 2.64. The molecule has 16 heavy (non-hydrogen) atoms. The standard InChI is InChI=1S/C11H12N4O/c1-2-8-14-11(16)15(13-12-14)9-10-6-4-3-5-7-10/h2-8H,9H2,1H3/b8-2+. The molecule has 2 aromatic rings. The largest absolute Gasteiger partial charge is 0.368 e. The number of rotatable bonds is 3. The molecule has 0 unspecified atom stereocenters. The zero-order valence-corrected chi connectivity index (χ0v) is 8.95. The molecule has 1 heterocycles. The third-order valence-corrected chi connectivity index (χ3v) is 2.13. The van der Waals surface area contributed by atoms with Crippen LogP contribution in [0.15, 0.2) is 41.2 Å². The molecular formula is C11H12N4O. The van der Waals surface area contributed by atoms with Crippen LogP contribution in [0.5, 0.6) is 0 Å². The molecule has 0 aliphatic heterocycles. The Kier molecular flexibility index (Phi) is 2.95. The van der Waals surface area contributed by atoms with Gasteiger partial charge in [0.2, 0.25) is 0 Å². The van der Waals surface area contributed by atoms with Gasteiger partial charge in [-0.25, -0.2) is 4.79 Å². The first-order chi connectivity index (χ1) is 7.81. The van der Waals surface area contributed by atoms with Crippen molar-refractivity contribution in [3.05, 3.63) is 52.5 Å². The number of nitrogens with zero attached hydrogens (tertiary/aromatic N) is 4. The van der Waals surface area contributed by atoms with Gasteiger partial charge in [0, 0.05) is 6.20 Å². The summed E-state index contributed by atoms with van der Waals surface area (Å²) in [6, 6.07) is 9.68. The predicted octanol–water partition coefficient (Wildman–Crippen LogP) is 0.979. The molecule has 1 aromatic heterocycles. The second kappa shape index (κ2) is 4.57. The summed E-state index contributed by atoms with van der Waals surface area (Å²) in [7, 11) is 0. The van der Waals surface area contributed by atoms with Crippen molar-refractivity contribution in [3.8, 4) is 0 Å². The van der Waals surface area contributed by atoms with E-state index >= 15 is 0 Å². The van der Waals surface area contributed by atoms with E-state index in [9.17, 15) is 4.79 Å². The van der Waals surface area contributed by atoms with E-state index in [4.69, 9.17) is 0 Å². The Morgan fingerprint density at radius 1 is 1.25 bits per heavy atom. The van der Waals surface area contributed by atoms with Gasteiger partial charge in [-0.1, -0.05) is 36.4 Å². The molecule has 5 heteroatoms. The number of benzene rings is 1. The highest BCUT2D eigenvalue weighted by Gasteiger charge is 2.04. The molecule has 0 spiro atoms. The Hall–Kier alpha value is -2.17. The number of aromatic nitrogens is 4. The second-order valence-corrected chi connectivity index (χ2v) is 3.33. The van der Waals surface area contributed by atoms with Crippen LogP contribution in [0.25, 0.3) is 6.20 Å². The van der Waals surface area contributed by atoms with Crippen molar-refractivity contribution in [2.75, 3.05) is 0 Å². The van der Waals surface area contributed by atoms with Gasteiger partial charge in [0.1, 0.15) is 0 Å². The molecule has 82 valence electrons. The van der Waals surface area contributed by atoms with Crippen molar-refractivity contribution < 1.29 is 0 Å². The quantitative estimate of drug-likeness (QED) is 0.768. The summed E-state index contributed by atoms with van der Waals surface area (Å²) in [5, 5.41) is 7.53. The van der Waals surface area contributed by atoms with Crippen LogP contribution in [0.4, 0.5) is 0 Å². The number of tetrazole rings is 1. The summed E-state index contributed by atoms with van der Waals surface area (Å²) in [4.78, 5) is 11.7. The van der Waals surface area contributed by atoms with E-state index in [1.54, 1.807) is 12.3 Å². The van der Waals surface area contributed by atoms with Gasteiger partial charge >= 0.3 is 5.69 Å². The van der Waals surface area contributed by atoms with Crippen LogP contribution in [-0.4, -0.2) is 19.8 Å². The van der Waals surface area contributed by atoms with E-state index in [1.165, 1.54) is 9.36 Å². The van der Waals surface area contributed by atoms with Gasteiger partial charge in [0.25, 0.3) is 0 Å². The summed E-state index contributed by atoms with van der Waals surface area (Å²) in [5.41, 5.74) is 0.791. The highest BCUT2D eigenvalue weighted by atomic mass is 16.2. The minimum absolute atomic E-state index is 0.234. The van der Waals surface area contributed by atoms with Crippen LogP contribution in [0.1, 0.15) is 12.5 Å². The van der Waals surface area contributed by atoms with Crippen molar-refractivity contribution in [2.24, 2.45) is 0 Å². The summed E-state index contributed by atoms with van der Waals surface area (Å²) in [5.74, 6) is 0. The van der Waals surface area contributed by atoms with E-state index in [0.29, 0.717) is 6.54 Å². The molecule has 0 saturated carbocycles.